The van der Waals surface area contributed by atoms with Crippen molar-refractivity contribution in [1.29, 1.82) is 0 Å². The molecule has 3 aromatic rings. The van der Waals surface area contributed by atoms with E-state index < -0.39 is 0 Å². The number of thiazole rings is 1. The van der Waals surface area contributed by atoms with Crippen molar-refractivity contribution in [3.05, 3.63) is 40.9 Å². The van der Waals surface area contributed by atoms with E-state index in [-0.39, 0.29) is 6.10 Å². The van der Waals surface area contributed by atoms with Gasteiger partial charge in [0.25, 0.3) is 0 Å². The zero-order valence-electron chi connectivity index (χ0n) is 14.0. The Morgan fingerprint density at radius 1 is 1.25 bits per heavy atom. The van der Waals surface area contributed by atoms with Crippen LogP contribution in [-0.4, -0.2) is 50.4 Å². The van der Waals surface area contributed by atoms with E-state index in [1.165, 1.54) is 9.71 Å². The molecule has 2 aromatic heterocycles. The molecule has 1 saturated heterocycles. The third kappa shape index (κ3) is 3.33. The van der Waals surface area contributed by atoms with Crippen LogP contribution in [-0.2, 0) is 17.8 Å². The van der Waals surface area contributed by atoms with Gasteiger partial charge in [-0.25, -0.2) is 14.6 Å². The van der Waals surface area contributed by atoms with Crippen LogP contribution in [0.4, 0.5) is 0 Å². The van der Waals surface area contributed by atoms with Crippen LogP contribution in [0.15, 0.2) is 24.3 Å². The van der Waals surface area contributed by atoms with Crippen LogP contribution >= 0.6 is 11.3 Å². The van der Waals surface area contributed by atoms with Gasteiger partial charge in [-0.15, -0.1) is 11.3 Å². The number of ether oxygens (including phenoxy) is 1. The molecule has 126 valence electrons. The average molecular weight is 343 g/mol. The highest BCUT2D eigenvalue weighted by Gasteiger charge is 2.23. The molecule has 4 rings (SSSR count). The van der Waals surface area contributed by atoms with Gasteiger partial charge < -0.3 is 4.74 Å². The van der Waals surface area contributed by atoms with Crippen molar-refractivity contribution >= 4 is 21.6 Å². The summed E-state index contributed by atoms with van der Waals surface area (Å²) in [6.07, 6.45) is 0.146. The van der Waals surface area contributed by atoms with Crippen LogP contribution in [0.2, 0.25) is 0 Å². The second kappa shape index (κ2) is 6.58. The molecule has 1 aliphatic rings. The minimum atomic E-state index is 0.146. The van der Waals surface area contributed by atoms with E-state index in [1.54, 1.807) is 11.3 Å². The van der Waals surface area contributed by atoms with E-state index in [0.717, 1.165) is 50.0 Å². The summed E-state index contributed by atoms with van der Waals surface area (Å²) in [4.78, 5) is 11.5. The van der Waals surface area contributed by atoms with Crippen molar-refractivity contribution in [2.24, 2.45) is 0 Å². The highest BCUT2D eigenvalue weighted by atomic mass is 32.1. The number of aryl methyl sites for hydroxylation is 2. The topological polar surface area (TPSA) is 56.1 Å². The third-order valence-electron chi connectivity index (χ3n) is 4.26. The molecule has 1 aliphatic heterocycles. The van der Waals surface area contributed by atoms with E-state index in [9.17, 15) is 0 Å². The molecule has 0 unspecified atom stereocenters. The van der Waals surface area contributed by atoms with Crippen LogP contribution in [0.25, 0.3) is 10.2 Å². The van der Waals surface area contributed by atoms with Crippen LogP contribution in [0, 0.1) is 13.8 Å². The second-order valence-electron chi connectivity index (χ2n) is 6.19. The normalized spacial score (nSPS) is 19.2. The highest BCUT2D eigenvalue weighted by Crippen LogP contribution is 2.23. The van der Waals surface area contributed by atoms with E-state index in [1.807, 2.05) is 24.6 Å². The number of morpholine rings is 1. The van der Waals surface area contributed by atoms with Crippen LogP contribution < -0.4 is 0 Å². The van der Waals surface area contributed by atoms with Crippen molar-refractivity contribution in [3.8, 4) is 0 Å². The van der Waals surface area contributed by atoms with Gasteiger partial charge in [0.2, 0.25) is 0 Å². The molecular weight excluding hydrogens is 322 g/mol. The maximum Gasteiger partial charge on any atom is 0.147 e. The lowest BCUT2D eigenvalue weighted by atomic mass is 10.2. The monoisotopic (exact) mass is 343 g/mol. The molecule has 0 aliphatic carbocycles. The van der Waals surface area contributed by atoms with Crippen molar-refractivity contribution in [2.75, 3.05) is 19.7 Å². The summed E-state index contributed by atoms with van der Waals surface area (Å²) >= 11 is 1.78. The zero-order valence-corrected chi connectivity index (χ0v) is 14.8. The molecule has 0 N–H and O–H groups in total. The van der Waals surface area contributed by atoms with Crippen molar-refractivity contribution in [3.63, 3.8) is 0 Å². The standard InChI is InChI=1S/C17H21N5OS/c1-12-18-13(2)22(20-12)10-14-9-21(7-8-23-14)11-17-19-15-5-3-4-6-16(15)24-17/h3-6,14H,7-11H2,1-2H3/t14-/m0/s1. The van der Waals surface area contributed by atoms with E-state index >= 15 is 0 Å². The first-order valence-corrected chi connectivity index (χ1v) is 9.05. The van der Waals surface area contributed by atoms with Gasteiger partial charge in [0.15, 0.2) is 0 Å². The van der Waals surface area contributed by atoms with Gasteiger partial charge in [-0.1, -0.05) is 12.1 Å². The lowest BCUT2D eigenvalue weighted by molar-refractivity contribution is -0.0405. The summed E-state index contributed by atoms with van der Waals surface area (Å²) in [7, 11) is 0. The first kappa shape index (κ1) is 15.7. The smallest absolute Gasteiger partial charge is 0.147 e. The molecule has 0 bridgehead atoms. The number of para-hydroxylation sites is 1. The van der Waals surface area contributed by atoms with Crippen molar-refractivity contribution in [2.45, 2.75) is 33.0 Å². The molecule has 3 heterocycles. The summed E-state index contributed by atoms with van der Waals surface area (Å²) in [6.45, 7) is 8.14. The average Bonchev–Trinajstić information content (AvgIpc) is 3.10. The predicted molar refractivity (Wildman–Crippen MR) is 94.1 cm³/mol. The number of hydrogen-bond donors (Lipinski definition) is 0. The highest BCUT2D eigenvalue weighted by molar-refractivity contribution is 7.18. The molecule has 6 nitrogen and oxygen atoms in total. The van der Waals surface area contributed by atoms with Crippen molar-refractivity contribution in [1.82, 2.24) is 24.6 Å². The SMILES string of the molecule is Cc1nc(C)n(C[C@@H]2CN(Cc3nc4ccccc4s3)CCO2)n1. The lowest BCUT2D eigenvalue weighted by Gasteiger charge is -2.32. The summed E-state index contributed by atoms with van der Waals surface area (Å²) in [5, 5.41) is 5.61. The summed E-state index contributed by atoms with van der Waals surface area (Å²) < 4.78 is 9.13. The Balaban J connectivity index is 1.42. The predicted octanol–water partition coefficient (Wildman–Crippen LogP) is 2.41. The number of fused-ring (bicyclic) bond motifs is 1. The number of benzene rings is 1. The molecular formula is C17H21N5OS. The largest absolute Gasteiger partial charge is 0.374 e. The maximum absolute atomic E-state index is 5.93. The Hall–Kier alpha value is -1.83. The first-order chi connectivity index (χ1) is 11.7. The Kier molecular flexibility index (Phi) is 4.30. The quantitative estimate of drug-likeness (QED) is 0.728. The van der Waals surface area contributed by atoms with Gasteiger partial charge in [-0.3, -0.25) is 4.90 Å². The molecule has 0 amide bonds. The molecule has 1 aromatic carbocycles. The number of aromatic nitrogens is 4. The second-order valence-corrected chi connectivity index (χ2v) is 7.31. The fraction of sp³-hybridized carbons (Fsp3) is 0.471. The third-order valence-corrected chi connectivity index (χ3v) is 5.28. The number of nitrogens with zero attached hydrogens (tertiary/aromatic N) is 5. The fourth-order valence-corrected chi connectivity index (χ4v) is 4.15. The van der Waals surface area contributed by atoms with Gasteiger partial charge in [0, 0.05) is 13.1 Å². The molecule has 0 radical (unpaired) electrons. The van der Waals surface area contributed by atoms with E-state index in [4.69, 9.17) is 9.72 Å². The van der Waals surface area contributed by atoms with Crippen LogP contribution in [0.1, 0.15) is 16.7 Å². The van der Waals surface area contributed by atoms with Crippen LogP contribution in [0.3, 0.4) is 0 Å². The Morgan fingerprint density at radius 3 is 2.92 bits per heavy atom. The molecule has 0 saturated carbocycles. The molecule has 24 heavy (non-hydrogen) atoms. The minimum Gasteiger partial charge on any atom is -0.374 e. The van der Waals surface area contributed by atoms with Gasteiger partial charge in [0.1, 0.15) is 16.7 Å². The summed E-state index contributed by atoms with van der Waals surface area (Å²) in [6, 6.07) is 8.32. The zero-order chi connectivity index (χ0) is 16.5. The number of rotatable bonds is 4. The molecule has 1 fully saturated rings. The van der Waals surface area contributed by atoms with Gasteiger partial charge >= 0.3 is 0 Å². The van der Waals surface area contributed by atoms with Gasteiger partial charge in [-0.2, -0.15) is 5.10 Å². The van der Waals surface area contributed by atoms with E-state index in [2.05, 4.69) is 33.2 Å². The Bertz CT molecular complexity index is 809. The lowest BCUT2D eigenvalue weighted by Crippen LogP contribution is -2.43. The number of hydrogen-bond acceptors (Lipinski definition) is 6. The van der Waals surface area contributed by atoms with E-state index in [0.29, 0.717) is 0 Å². The first-order valence-electron chi connectivity index (χ1n) is 8.24. The molecule has 1 atom stereocenters. The summed E-state index contributed by atoms with van der Waals surface area (Å²) in [5.41, 5.74) is 1.09. The van der Waals surface area contributed by atoms with Gasteiger partial charge in [-0.05, 0) is 26.0 Å². The van der Waals surface area contributed by atoms with Crippen LogP contribution in [0.5, 0.6) is 0 Å². The summed E-state index contributed by atoms with van der Waals surface area (Å²) in [5.74, 6) is 1.76. The Labute approximate surface area is 145 Å². The molecule has 0 spiro atoms. The van der Waals surface area contributed by atoms with Crippen molar-refractivity contribution < 1.29 is 4.74 Å². The fourth-order valence-electron chi connectivity index (χ4n) is 3.14. The minimum absolute atomic E-state index is 0.146. The molecule has 7 heteroatoms. The van der Waals surface area contributed by atoms with Gasteiger partial charge in [0.05, 0.1) is 36.0 Å². The maximum atomic E-state index is 5.93. The Morgan fingerprint density at radius 2 is 2.12 bits per heavy atom.